The van der Waals surface area contributed by atoms with Crippen LogP contribution in [0.15, 0.2) is 36.4 Å². The zero-order valence-corrected chi connectivity index (χ0v) is 13.1. The molecule has 2 rings (SSSR count). The Kier molecular flexibility index (Phi) is 5.16. The maximum atomic E-state index is 6.01. The van der Waals surface area contributed by atoms with Crippen molar-refractivity contribution in [2.75, 3.05) is 11.9 Å². The van der Waals surface area contributed by atoms with Crippen molar-refractivity contribution in [3.8, 4) is 5.75 Å². The van der Waals surface area contributed by atoms with Crippen molar-refractivity contribution in [1.29, 1.82) is 0 Å². The zero-order chi connectivity index (χ0) is 14.5. The molecule has 0 radical (unpaired) electrons. The molecular weight excluding hydrogens is 293 g/mol. The molecule has 2 nitrogen and oxygen atoms in total. The van der Waals surface area contributed by atoms with Crippen LogP contribution in [-0.4, -0.2) is 6.61 Å². The van der Waals surface area contributed by atoms with E-state index in [1.165, 1.54) is 5.56 Å². The molecule has 0 aliphatic rings. The molecule has 4 heteroatoms. The van der Waals surface area contributed by atoms with Gasteiger partial charge in [-0.25, -0.2) is 0 Å². The Labute approximate surface area is 129 Å². The molecule has 0 spiro atoms. The fraction of sp³-hybridized carbons (Fsp3) is 0.250. The molecular formula is C16H17Cl2NO. The first kappa shape index (κ1) is 15.0. The Balaban J connectivity index is 2.11. The Morgan fingerprint density at radius 2 is 1.85 bits per heavy atom. The number of aryl methyl sites for hydroxylation is 1. The van der Waals surface area contributed by atoms with E-state index in [4.69, 9.17) is 27.9 Å². The second-order valence-electron chi connectivity index (χ2n) is 4.53. The number of hydrogen-bond donors (Lipinski definition) is 1. The van der Waals surface area contributed by atoms with Crippen LogP contribution in [0.4, 0.5) is 5.69 Å². The summed E-state index contributed by atoms with van der Waals surface area (Å²) < 4.78 is 5.64. The van der Waals surface area contributed by atoms with Crippen LogP contribution in [0, 0.1) is 6.92 Å². The van der Waals surface area contributed by atoms with Crippen LogP contribution in [0.5, 0.6) is 5.75 Å². The molecule has 0 saturated carbocycles. The van der Waals surface area contributed by atoms with E-state index in [0.29, 0.717) is 23.2 Å². The maximum Gasteiger partial charge on any atom is 0.142 e. The first-order valence-corrected chi connectivity index (χ1v) is 7.27. The van der Waals surface area contributed by atoms with Crippen molar-refractivity contribution in [3.05, 3.63) is 57.6 Å². The number of rotatable bonds is 5. The lowest BCUT2D eigenvalue weighted by Crippen LogP contribution is -2.03. The first-order chi connectivity index (χ1) is 9.60. The summed E-state index contributed by atoms with van der Waals surface area (Å²) in [5.74, 6) is 0.868. The largest absolute Gasteiger partial charge is 0.492 e. The molecule has 1 N–H and O–H groups in total. The normalized spacial score (nSPS) is 10.4. The van der Waals surface area contributed by atoms with Gasteiger partial charge in [-0.1, -0.05) is 35.3 Å². The third-order valence-corrected chi connectivity index (χ3v) is 3.64. The van der Waals surface area contributed by atoms with E-state index in [-0.39, 0.29) is 0 Å². The predicted octanol–water partition coefficient (Wildman–Crippen LogP) is 5.31. The van der Waals surface area contributed by atoms with E-state index < -0.39 is 0 Å². The summed E-state index contributed by atoms with van der Waals surface area (Å²) in [6, 6.07) is 11.7. The third-order valence-electron chi connectivity index (χ3n) is 2.90. The van der Waals surface area contributed by atoms with E-state index in [1.54, 1.807) is 6.07 Å². The van der Waals surface area contributed by atoms with Gasteiger partial charge in [0.05, 0.1) is 22.3 Å². The number of ether oxygens (including phenoxy) is 1. The van der Waals surface area contributed by atoms with Crippen LogP contribution < -0.4 is 10.1 Å². The van der Waals surface area contributed by atoms with Crippen LogP contribution in [-0.2, 0) is 6.54 Å². The minimum atomic E-state index is 0.569. The molecule has 2 aromatic rings. The minimum absolute atomic E-state index is 0.569. The van der Waals surface area contributed by atoms with Crippen LogP contribution >= 0.6 is 23.2 Å². The van der Waals surface area contributed by atoms with Crippen LogP contribution in [0.2, 0.25) is 10.0 Å². The summed E-state index contributed by atoms with van der Waals surface area (Å²) in [4.78, 5) is 0. The molecule has 0 heterocycles. The highest BCUT2D eigenvalue weighted by Gasteiger charge is 2.04. The maximum absolute atomic E-state index is 6.01. The summed E-state index contributed by atoms with van der Waals surface area (Å²) in [6.45, 7) is 5.33. The molecule has 20 heavy (non-hydrogen) atoms. The highest BCUT2D eigenvalue weighted by Crippen LogP contribution is 2.27. The topological polar surface area (TPSA) is 21.3 Å². The van der Waals surface area contributed by atoms with E-state index in [0.717, 1.165) is 17.0 Å². The molecule has 2 aromatic carbocycles. The summed E-state index contributed by atoms with van der Waals surface area (Å²) >= 11 is 11.9. The van der Waals surface area contributed by atoms with Gasteiger partial charge in [-0.3, -0.25) is 0 Å². The van der Waals surface area contributed by atoms with Gasteiger partial charge in [-0.2, -0.15) is 0 Å². The zero-order valence-electron chi connectivity index (χ0n) is 11.5. The van der Waals surface area contributed by atoms with E-state index in [2.05, 4.69) is 11.4 Å². The summed E-state index contributed by atoms with van der Waals surface area (Å²) in [5.41, 5.74) is 3.22. The van der Waals surface area contributed by atoms with Gasteiger partial charge in [0.25, 0.3) is 0 Å². The lowest BCUT2D eigenvalue weighted by molar-refractivity contribution is 0.341. The predicted molar refractivity (Wildman–Crippen MR) is 86.1 cm³/mol. The van der Waals surface area contributed by atoms with Crippen LogP contribution in [0.1, 0.15) is 18.1 Å². The highest BCUT2D eigenvalue weighted by molar-refractivity contribution is 6.42. The molecule has 0 aliphatic heterocycles. The molecule has 0 aliphatic carbocycles. The van der Waals surface area contributed by atoms with Gasteiger partial charge in [0, 0.05) is 6.54 Å². The van der Waals surface area contributed by atoms with Crippen molar-refractivity contribution in [3.63, 3.8) is 0 Å². The molecule has 106 valence electrons. The molecule has 0 atom stereocenters. The van der Waals surface area contributed by atoms with Crippen molar-refractivity contribution >= 4 is 28.9 Å². The summed E-state index contributed by atoms with van der Waals surface area (Å²) in [7, 11) is 0. The smallest absolute Gasteiger partial charge is 0.142 e. The standard InChI is InChI=1S/C16H17Cl2NO/c1-3-20-16-8-11(2)4-7-15(16)19-10-12-5-6-13(17)14(18)9-12/h4-9,19H,3,10H2,1-2H3. The summed E-state index contributed by atoms with van der Waals surface area (Å²) in [5, 5.41) is 4.50. The highest BCUT2D eigenvalue weighted by atomic mass is 35.5. The lowest BCUT2D eigenvalue weighted by atomic mass is 10.2. The molecule has 0 unspecified atom stereocenters. The van der Waals surface area contributed by atoms with Crippen molar-refractivity contribution in [2.24, 2.45) is 0 Å². The third kappa shape index (κ3) is 3.81. The second kappa shape index (κ2) is 6.87. The monoisotopic (exact) mass is 309 g/mol. The van der Waals surface area contributed by atoms with Crippen molar-refractivity contribution in [2.45, 2.75) is 20.4 Å². The van der Waals surface area contributed by atoms with Crippen LogP contribution in [0.25, 0.3) is 0 Å². The number of anilines is 1. The number of hydrogen-bond acceptors (Lipinski definition) is 2. The first-order valence-electron chi connectivity index (χ1n) is 6.51. The Morgan fingerprint density at radius 1 is 1.05 bits per heavy atom. The van der Waals surface area contributed by atoms with E-state index in [1.807, 2.05) is 38.1 Å². The number of halogens is 2. The number of nitrogens with one attached hydrogen (secondary N) is 1. The fourth-order valence-corrected chi connectivity index (χ4v) is 2.22. The Morgan fingerprint density at radius 3 is 2.55 bits per heavy atom. The number of benzene rings is 2. The van der Waals surface area contributed by atoms with Crippen molar-refractivity contribution < 1.29 is 4.74 Å². The molecule has 0 saturated heterocycles. The molecule has 0 amide bonds. The SMILES string of the molecule is CCOc1cc(C)ccc1NCc1ccc(Cl)c(Cl)c1. The van der Waals surface area contributed by atoms with Gasteiger partial charge < -0.3 is 10.1 Å². The second-order valence-corrected chi connectivity index (χ2v) is 5.35. The van der Waals surface area contributed by atoms with Crippen molar-refractivity contribution in [1.82, 2.24) is 0 Å². The quantitative estimate of drug-likeness (QED) is 0.807. The fourth-order valence-electron chi connectivity index (χ4n) is 1.90. The van der Waals surface area contributed by atoms with E-state index >= 15 is 0 Å². The van der Waals surface area contributed by atoms with Gasteiger partial charge in [0.15, 0.2) is 0 Å². The minimum Gasteiger partial charge on any atom is -0.492 e. The van der Waals surface area contributed by atoms with Gasteiger partial charge in [-0.15, -0.1) is 0 Å². The van der Waals surface area contributed by atoms with Gasteiger partial charge in [0.1, 0.15) is 5.75 Å². The summed E-state index contributed by atoms with van der Waals surface area (Å²) in [6.07, 6.45) is 0. The van der Waals surface area contributed by atoms with Gasteiger partial charge in [0.2, 0.25) is 0 Å². The molecule has 0 fully saturated rings. The lowest BCUT2D eigenvalue weighted by Gasteiger charge is -2.13. The van der Waals surface area contributed by atoms with Crippen LogP contribution in [0.3, 0.4) is 0 Å². The van der Waals surface area contributed by atoms with Gasteiger partial charge >= 0.3 is 0 Å². The average Bonchev–Trinajstić information content (AvgIpc) is 2.42. The van der Waals surface area contributed by atoms with E-state index in [9.17, 15) is 0 Å². The Hall–Kier alpha value is -1.38. The Bertz CT molecular complexity index is 599. The average molecular weight is 310 g/mol. The molecule has 0 aromatic heterocycles. The van der Waals surface area contributed by atoms with Gasteiger partial charge in [-0.05, 0) is 49.2 Å². The molecule has 0 bridgehead atoms.